The third-order valence-electron chi connectivity index (χ3n) is 6.25. The van der Waals surface area contributed by atoms with Crippen LogP contribution in [-0.4, -0.2) is 14.8 Å². The quantitative estimate of drug-likeness (QED) is 0.189. The molecule has 0 spiro atoms. The molecule has 1 unspecified atom stereocenters. The molecule has 29 heavy (non-hydrogen) atoms. The van der Waals surface area contributed by atoms with Gasteiger partial charge < -0.3 is 10.2 Å². The van der Waals surface area contributed by atoms with Crippen molar-refractivity contribution in [1.82, 2.24) is 4.57 Å². The Morgan fingerprint density at radius 3 is 1.52 bits per heavy atom. The van der Waals surface area contributed by atoms with E-state index in [4.69, 9.17) is 0 Å². The molecule has 3 nitrogen and oxygen atoms in total. The molecule has 168 valence electrons. The van der Waals surface area contributed by atoms with Crippen LogP contribution in [0.3, 0.4) is 0 Å². The Kier molecular flexibility index (Phi) is 14.5. The van der Waals surface area contributed by atoms with Crippen molar-refractivity contribution in [1.29, 1.82) is 0 Å². The van der Waals surface area contributed by atoms with Gasteiger partial charge in [-0.05, 0) is 20.3 Å². The number of rotatable bonds is 18. The Morgan fingerprint density at radius 2 is 1.14 bits per heavy atom. The van der Waals surface area contributed by atoms with E-state index in [9.17, 15) is 10.2 Å². The minimum Gasteiger partial charge on any atom is -0.494 e. The lowest BCUT2D eigenvalue weighted by Crippen LogP contribution is -2.09. The molecule has 0 aliphatic heterocycles. The molecule has 0 bridgehead atoms. The summed E-state index contributed by atoms with van der Waals surface area (Å²) in [5.74, 6) is 0.296. The predicted octanol–water partition coefficient (Wildman–Crippen LogP) is 8.67. The fourth-order valence-electron chi connectivity index (χ4n) is 4.21. The second-order valence-electron chi connectivity index (χ2n) is 8.71. The number of allylic oxidation sites excluding steroid dienone is 2. The number of aromatic nitrogens is 1. The van der Waals surface area contributed by atoms with Gasteiger partial charge >= 0.3 is 0 Å². The van der Waals surface area contributed by atoms with Crippen LogP contribution >= 0.6 is 0 Å². The van der Waals surface area contributed by atoms with E-state index in [1.54, 1.807) is 16.7 Å². The van der Waals surface area contributed by atoms with Crippen molar-refractivity contribution in [3.8, 4) is 11.8 Å². The molecular formula is C26H47NO2. The molecule has 1 heterocycles. The van der Waals surface area contributed by atoms with Crippen molar-refractivity contribution in [2.75, 3.05) is 0 Å². The summed E-state index contributed by atoms with van der Waals surface area (Å²) in [5.41, 5.74) is 1.19. The highest BCUT2D eigenvalue weighted by Gasteiger charge is 2.18. The summed E-state index contributed by atoms with van der Waals surface area (Å²) >= 11 is 0. The van der Waals surface area contributed by atoms with Crippen LogP contribution in [0.2, 0.25) is 0 Å². The maximum atomic E-state index is 10.0. The molecule has 0 fully saturated rings. The molecule has 0 aromatic carbocycles. The highest BCUT2D eigenvalue weighted by molar-refractivity contribution is 5.27. The van der Waals surface area contributed by atoms with Gasteiger partial charge in [-0.15, -0.1) is 0 Å². The predicted molar refractivity (Wildman–Crippen MR) is 126 cm³/mol. The van der Waals surface area contributed by atoms with Crippen LogP contribution in [0, 0.1) is 0 Å². The largest absolute Gasteiger partial charge is 0.494 e. The van der Waals surface area contributed by atoms with Crippen LogP contribution < -0.4 is 0 Å². The molecule has 1 aromatic heterocycles. The zero-order valence-corrected chi connectivity index (χ0v) is 19.5. The Balaban J connectivity index is 2.04. The molecule has 0 amide bonds. The van der Waals surface area contributed by atoms with Gasteiger partial charge in [0, 0.05) is 12.1 Å². The van der Waals surface area contributed by atoms with E-state index >= 15 is 0 Å². The first kappa shape index (κ1) is 25.7. The molecule has 0 aliphatic carbocycles. The van der Waals surface area contributed by atoms with Gasteiger partial charge in [-0.1, -0.05) is 115 Å². The average molecular weight is 406 g/mol. The lowest BCUT2D eigenvalue weighted by molar-refractivity contribution is 0.336. The first-order valence-electron chi connectivity index (χ1n) is 12.3. The molecule has 3 heteroatoms. The Morgan fingerprint density at radius 1 is 0.759 bits per heavy atom. The van der Waals surface area contributed by atoms with Gasteiger partial charge in [0.15, 0.2) is 11.8 Å². The monoisotopic (exact) mass is 405 g/mol. The summed E-state index contributed by atoms with van der Waals surface area (Å²) in [5, 5.41) is 20.1. The number of aromatic hydroxyl groups is 2. The van der Waals surface area contributed by atoms with Gasteiger partial charge in [-0.3, -0.25) is 4.57 Å². The summed E-state index contributed by atoms with van der Waals surface area (Å²) < 4.78 is 1.65. The molecule has 2 N–H and O–H groups in total. The fraction of sp³-hybridized carbons (Fsp3) is 0.769. The Bertz CT molecular complexity index is 527. The molecule has 0 radical (unpaired) electrons. The molecule has 1 rings (SSSR count). The second kappa shape index (κ2) is 16.4. The van der Waals surface area contributed by atoms with E-state index in [2.05, 4.69) is 19.9 Å². The Hall–Kier alpha value is -1.38. The van der Waals surface area contributed by atoms with Gasteiger partial charge in [0.2, 0.25) is 0 Å². The molecule has 1 aromatic rings. The zero-order valence-electron chi connectivity index (χ0n) is 19.5. The minimum atomic E-state index is 0.0528. The highest BCUT2D eigenvalue weighted by atomic mass is 16.3. The van der Waals surface area contributed by atoms with Gasteiger partial charge in [-0.2, -0.15) is 0 Å². The van der Waals surface area contributed by atoms with E-state index in [1.807, 2.05) is 6.92 Å². The molecule has 1 atom stereocenters. The number of hydrogen-bond acceptors (Lipinski definition) is 2. The average Bonchev–Trinajstić information content (AvgIpc) is 3.05. The maximum Gasteiger partial charge on any atom is 0.194 e. The summed E-state index contributed by atoms with van der Waals surface area (Å²) in [4.78, 5) is 0. The topological polar surface area (TPSA) is 45.4 Å². The lowest BCUT2D eigenvalue weighted by Gasteiger charge is -2.21. The van der Waals surface area contributed by atoms with E-state index < -0.39 is 0 Å². The van der Waals surface area contributed by atoms with Crippen molar-refractivity contribution in [2.24, 2.45) is 0 Å². The SMILES string of the molecule is CC=C(C)C(CCCCCCCCCCCCCCCCC)n1c(O)ccc1O. The van der Waals surface area contributed by atoms with Crippen LogP contribution in [0.1, 0.15) is 130 Å². The fourth-order valence-corrected chi connectivity index (χ4v) is 4.21. The van der Waals surface area contributed by atoms with Crippen LogP contribution in [0.5, 0.6) is 11.8 Å². The van der Waals surface area contributed by atoms with E-state index in [0.717, 1.165) is 12.8 Å². The zero-order chi connectivity index (χ0) is 21.3. The third-order valence-corrected chi connectivity index (χ3v) is 6.25. The van der Waals surface area contributed by atoms with Gasteiger partial charge in [0.05, 0.1) is 6.04 Å². The lowest BCUT2D eigenvalue weighted by atomic mass is 9.99. The van der Waals surface area contributed by atoms with E-state index in [0.29, 0.717) is 0 Å². The first-order chi connectivity index (χ1) is 14.1. The van der Waals surface area contributed by atoms with Gasteiger partial charge in [0.25, 0.3) is 0 Å². The first-order valence-corrected chi connectivity index (χ1v) is 12.3. The molecule has 0 saturated heterocycles. The summed E-state index contributed by atoms with van der Waals surface area (Å²) in [6.45, 7) is 6.38. The van der Waals surface area contributed by atoms with Crippen molar-refractivity contribution < 1.29 is 10.2 Å². The van der Waals surface area contributed by atoms with Gasteiger partial charge in [-0.25, -0.2) is 0 Å². The summed E-state index contributed by atoms with van der Waals surface area (Å²) in [6.07, 6.45) is 23.5. The summed E-state index contributed by atoms with van der Waals surface area (Å²) in [6, 6.07) is 3.19. The normalized spacial score (nSPS) is 13.1. The highest BCUT2D eigenvalue weighted by Crippen LogP contribution is 2.34. The smallest absolute Gasteiger partial charge is 0.194 e. The van der Waals surface area contributed by atoms with Crippen LogP contribution in [0.15, 0.2) is 23.8 Å². The van der Waals surface area contributed by atoms with Crippen LogP contribution in [0.4, 0.5) is 0 Å². The maximum absolute atomic E-state index is 10.0. The number of unbranched alkanes of at least 4 members (excludes halogenated alkanes) is 14. The van der Waals surface area contributed by atoms with E-state index in [-0.39, 0.29) is 17.8 Å². The van der Waals surface area contributed by atoms with Gasteiger partial charge in [0.1, 0.15) is 0 Å². The van der Waals surface area contributed by atoms with Crippen LogP contribution in [-0.2, 0) is 0 Å². The summed E-state index contributed by atoms with van der Waals surface area (Å²) in [7, 11) is 0. The third kappa shape index (κ3) is 10.8. The minimum absolute atomic E-state index is 0.0528. The van der Waals surface area contributed by atoms with Crippen molar-refractivity contribution >= 4 is 0 Å². The molecule has 0 aliphatic rings. The molecular weight excluding hydrogens is 358 g/mol. The van der Waals surface area contributed by atoms with E-state index in [1.165, 1.54) is 95.5 Å². The standard InChI is InChI=1S/C26H47NO2/c1-4-6-7-8-9-10-11-12-13-14-15-16-17-18-19-20-24(23(3)5-2)27-25(28)21-22-26(27)29/h5,21-22,24,28-29H,4,6-20H2,1-3H3. The van der Waals surface area contributed by atoms with Crippen molar-refractivity contribution in [3.63, 3.8) is 0 Å². The molecule has 0 saturated carbocycles. The van der Waals surface area contributed by atoms with Crippen LogP contribution in [0.25, 0.3) is 0 Å². The van der Waals surface area contributed by atoms with Crippen molar-refractivity contribution in [3.05, 3.63) is 23.8 Å². The number of hydrogen-bond donors (Lipinski definition) is 2. The number of nitrogens with zero attached hydrogens (tertiary/aromatic N) is 1. The Labute approximate surface area is 180 Å². The van der Waals surface area contributed by atoms with Crippen molar-refractivity contribution in [2.45, 2.75) is 130 Å². The second-order valence-corrected chi connectivity index (χ2v) is 8.71.